The van der Waals surface area contributed by atoms with E-state index >= 15 is 0 Å². The SMILES string of the molecule is CC(C)N[C@@H](C)[C@H](O)c1ccc2c(c1)CCCC2. The molecule has 0 aliphatic heterocycles. The maximum Gasteiger partial charge on any atom is 0.0940 e. The van der Waals surface area contributed by atoms with Gasteiger partial charge in [-0.05, 0) is 49.3 Å². The van der Waals surface area contributed by atoms with Gasteiger partial charge in [-0.25, -0.2) is 0 Å². The van der Waals surface area contributed by atoms with E-state index in [1.54, 1.807) is 0 Å². The lowest BCUT2D eigenvalue weighted by molar-refractivity contribution is 0.131. The van der Waals surface area contributed by atoms with Gasteiger partial charge in [0.15, 0.2) is 0 Å². The van der Waals surface area contributed by atoms with Crippen LogP contribution in [0.3, 0.4) is 0 Å². The Morgan fingerprint density at radius 2 is 1.72 bits per heavy atom. The van der Waals surface area contributed by atoms with Crippen LogP contribution in [0.4, 0.5) is 0 Å². The molecule has 2 N–H and O–H groups in total. The minimum atomic E-state index is -0.417. The highest BCUT2D eigenvalue weighted by atomic mass is 16.3. The van der Waals surface area contributed by atoms with Crippen LogP contribution in [0.1, 0.15) is 56.4 Å². The van der Waals surface area contributed by atoms with E-state index in [-0.39, 0.29) is 6.04 Å². The van der Waals surface area contributed by atoms with Gasteiger partial charge >= 0.3 is 0 Å². The molecule has 0 bridgehead atoms. The van der Waals surface area contributed by atoms with E-state index in [1.807, 2.05) is 6.92 Å². The van der Waals surface area contributed by atoms with Crippen LogP contribution in [0, 0.1) is 0 Å². The number of hydrogen-bond acceptors (Lipinski definition) is 2. The first-order valence-corrected chi connectivity index (χ1v) is 7.13. The van der Waals surface area contributed by atoms with Crippen molar-refractivity contribution in [3.05, 3.63) is 34.9 Å². The molecule has 0 unspecified atom stereocenters. The average molecular weight is 247 g/mol. The smallest absolute Gasteiger partial charge is 0.0940 e. The topological polar surface area (TPSA) is 32.3 Å². The standard InChI is InChI=1S/C16H25NO/c1-11(2)17-12(3)16(18)15-9-8-13-6-4-5-7-14(13)10-15/h8-12,16-18H,4-7H2,1-3H3/t12-,16-/m0/s1. The minimum Gasteiger partial charge on any atom is -0.387 e. The molecule has 0 spiro atoms. The van der Waals surface area contributed by atoms with Crippen LogP contribution in [-0.2, 0) is 12.8 Å². The zero-order chi connectivity index (χ0) is 13.1. The maximum atomic E-state index is 10.4. The molecule has 1 aliphatic carbocycles. The van der Waals surface area contributed by atoms with Crippen LogP contribution in [0.2, 0.25) is 0 Å². The van der Waals surface area contributed by atoms with Crippen LogP contribution < -0.4 is 5.32 Å². The zero-order valence-electron chi connectivity index (χ0n) is 11.7. The molecule has 0 radical (unpaired) electrons. The van der Waals surface area contributed by atoms with Crippen molar-refractivity contribution in [2.24, 2.45) is 0 Å². The van der Waals surface area contributed by atoms with Crippen molar-refractivity contribution in [3.8, 4) is 0 Å². The first kappa shape index (κ1) is 13.6. The molecular weight excluding hydrogens is 222 g/mol. The van der Waals surface area contributed by atoms with Gasteiger partial charge < -0.3 is 10.4 Å². The van der Waals surface area contributed by atoms with E-state index in [1.165, 1.54) is 36.8 Å². The Hall–Kier alpha value is -0.860. The molecule has 0 saturated carbocycles. The Bertz CT molecular complexity index is 400. The largest absolute Gasteiger partial charge is 0.387 e. The number of aryl methyl sites for hydroxylation is 2. The van der Waals surface area contributed by atoms with E-state index in [2.05, 4.69) is 37.4 Å². The Labute approximate surface area is 110 Å². The molecule has 18 heavy (non-hydrogen) atoms. The van der Waals surface area contributed by atoms with Gasteiger partial charge in [-0.15, -0.1) is 0 Å². The lowest BCUT2D eigenvalue weighted by atomic mass is 9.88. The molecule has 2 rings (SSSR count). The molecule has 2 heteroatoms. The van der Waals surface area contributed by atoms with Crippen molar-refractivity contribution >= 4 is 0 Å². The summed E-state index contributed by atoms with van der Waals surface area (Å²) in [7, 11) is 0. The van der Waals surface area contributed by atoms with Gasteiger partial charge in [0, 0.05) is 12.1 Å². The third kappa shape index (κ3) is 3.12. The monoisotopic (exact) mass is 247 g/mol. The number of aliphatic hydroxyl groups is 1. The molecule has 2 nitrogen and oxygen atoms in total. The summed E-state index contributed by atoms with van der Waals surface area (Å²) >= 11 is 0. The minimum absolute atomic E-state index is 0.0895. The lowest BCUT2D eigenvalue weighted by Gasteiger charge is -2.24. The quantitative estimate of drug-likeness (QED) is 0.857. The fourth-order valence-electron chi connectivity index (χ4n) is 2.84. The molecule has 1 aromatic rings. The summed E-state index contributed by atoms with van der Waals surface area (Å²) in [5.41, 5.74) is 3.97. The third-order valence-electron chi connectivity index (χ3n) is 3.78. The fourth-order valence-corrected chi connectivity index (χ4v) is 2.84. The second-order valence-electron chi connectivity index (χ2n) is 5.79. The average Bonchev–Trinajstić information content (AvgIpc) is 2.36. The summed E-state index contributed by atoms with van der Waals surface area (Å²) in [6, 6.07) is 6.99. The zero-order valence-corrected chi connectivity index (χ0v) is 11.7. The summed E-state index contributed by atoms with van der Waals surface area (Å²) in [6.07, 6.45) is 4.54. The second-order valence-corrected chi connectivity index (χ2v) is 5.79. The number of benzene rings is 1. The van der Waals surface area contributed by atoms with E-state index in [0.717, 1.165) is 5.56 Å². The maximum absolute atomic E-state index is 10.4. The predicted octanol–water partition coefficient (Wildman–Crippen LogP) is 2.99. The van der Waals surface area contributed by atoms with Crippen molar-refractivity contribution < 1.29 is 5.11 Å². The Kier molecular flexibility index (Phi) is 4.41. The van der Waals surface area contributed by atoms with Crippen LogP contribution in [-0.4, -0.2) is 17.2 Å². The van der Waals surface area contributed by atoms with Gasteiger partial charge in [-0.1, -0.05) is 32.0 Å². The number of fused-ring (bicyclic) bond motifs is 1. The number of aliphatic hydroxyl groups excluding tert-OH is 1. The predicted molar refractivity (Wildman–Crippen MR) is 75.8 cm³/mol. The molecule has 0 fully saturated rings. The van der Waals surface area contributed by atoms with Crippen molar-refractivity contribution in [1.29, 1.82) is 0 Å². The molecule has 1 aromatic carbocycles. The highest BCUT2D eigenvalue weighted by Crippen LogP contribution is 2.26. The van der Waals surface area contributed by atoms with Crippen molar-refractivity contribution in [2.75, 3.05) is 0 Å². The fraction of sp³-hybridized carbons (Fsp3) is 0.625. The van der Waals surface area contributed by atoms with Gasteiger partial charge in [0.05, 0.1) is 6.10 Å². The van der Waals surface area contributed by atoms with Gasteiger partial charge in [0.25, 0.3) is 0 Å². The molecule has 2 atom stereocenters. The van der Waals surface area contributed by atoms with E-state index in [4.69, 9.17) is 0 Å². The summed E-state index contributed by atoms with van der Waals surface area (Å²) in [5, 5.41) is 13.7. The van der Waals surface area contributed by atoms with Crippen LogP contribution in [0.15, 0.2) is 18.2 Å². The molecule has 0 heterocycles. The van der Waals surface area contributed by atoms with Crippen molar-refractivity contribution in [2.45, 2.75) is 64.6 Å². The van der Waals surface area contributed by atoms with Crippen LogP contribution in [0.5, 0.6) is 0 Å². The summed E-state index contributed by atoms with van der Waals surface area (Å²) in [4.78, 5) is 0. The van der Waals surface area contributed by atoms with Crippen molar-refractivity contribution in [3.63, 3.8) is 0 Å². The van der Waals surface area contributed by atoms with E-state index in [0.29, 0.717) is 6.04 Å². The Morgan fingerprint density at radius 3 is 2.39 bits per heavy atom. The lowest BCUT2D eigenvalue weighted by Crippen LogP contribution is -2.37. The second kappa shape index (κ2) is 5.85. The first-order valence-electron chi connectivity index (χ1n) is 7.13. The number of rotatable bonds is 4. The normalized spacial score (nSPS) is 18.5. The van der Waals surface area contributed by atoms with Crippen LogP contribution in [0.25, 0.3) is 0 Å². The molecular formula is C16H25NO. The number of nitrogens with one attached hydrogen (secondary N) is 1. The molecule has 0 aromatic heterocycles. The highest BCUT2D eigenvalue weighted by molar-refractivity contribution is 5.35. The molecule has 0 saturated heterocycles. The van der Waals surface area contributed by atoms with E-state index in [9.17, 15) is 5.11 Å². The highest BCUT2D eigenvalue weighted by Gasteiger charge is 2.18. The third-order valence-corrected chi connectivity index (χ3v) is 3.78. The van der Waals surface area contributed by atoms with Gasteiger partial charge in [-0.3, -0.25) is 0 Å². The summed E-state index contributed by atoms with van der Waals surface area (Å²) in [6.45, 7) is 6.26. The van der Waals surface area contributed by atoms with E-state index < -0.39 is 6.10 Å². The van der Waals surface area contributed by atoms with Gasteiger partial charge in [0.2, 0.25) is 0 Å². The van der Waals surface area contributed by atoms with Gasteiger partial charge in [-0.2, -0.15) is 0 Å². The molecule has 100 valence electrons. The van der Waals surface area contributed by atoms with Gasteiger partial charge in [0.1, 0.15) is 0 Å². The molecule has 0 amide bonds. The number of hydrogen-bond donors (Lipinski definition) is 2. The Balaban J connectivity index is 2.12. The summed E-state index contributed by atoms with van der Waals surface area (Å²) < 4.78 is 0. The van der Waals surface area contributed by atoms with Crippen molar-refractivity contribution in [1.82, 2.24) is 5.32 Å². The Morgan fingerprint density at radius 1 is 1.06 bits per heavy atom. The first-order chi connectivity index (χ1) is 8.58. The summed E-state index contributed by atoms with van der Waals surface area (Å²) in [5.74, 6) is 0. The van der Waals surface area contributed by atoms with Crippen LogP contribution >= 0.6 is 0 Å². The molecule has 1 aliphatic rings.